The SMILES string of the molecule is C[C@H]1OC(c2ccc(Cl)c(Cc3ccc(O[C@H]4CCOC4)cc3)c2)C(O)C(O)C1O. The van der Waals surface area contributed by atoms with Crippen molar-refractivity contribution in [3.8, 4) is 5.75 Å². The summed E-state index contributed by atoms with van der Waals surface area (Å²) in [4.78, 5) is 0. The zero-order valence-electron chi connectivity index (χ0n) is 16.8. The third-order valence-corrected chi connectivity index (χ3v) is 6.13. The highest BCUT2D eigenvalue weighted by Crippen LogP contribution is 2.34. The van der Waals surface area contributed by atoms with Crippen LogP contribution >= 0.6 is 11.6 Å². The van der Waals surface area contributed by atoms with E-state index >= 15 is 0 Å². The van der Waals surface area contributed by atoms with Gasteiger partial charge in [0, 0.05) is 11.4 Å². The summed E-state index contributed by atoms with van der Waals surface area (Å²) in [6.07, 6.45) is -3.33. The van der Waals surface area contributed by atoms with Gasteiger partial charge in [0.1, 0.15) is 36.3 Å². The van der Waals surface area contributed by atoms with Gasteiger partial charge in [-0.1, -0.05) is 35.9 Å². The monoisotopic (exact) mass is 434 g/mol. The minimum absolute atomic E-state index is 0.111. The van der Waals surface area contributed by atoms with Crippen molar-refractivity contribution < 1.29 is 29.5 Å². The van der Waals surface area contributed by atoms with Gasteiger partial charge in [-0.25, -0.2) is 0 Å². The fourth-order valence-electron chi connectivity index (χ4n) is 3.94. The highest BCUT2D eigenvalue weighted by Gasteiger charge is 2.42. The Hall–Kier alpha value is -1.67. The Bertz CT molecular complexity index is 851. The molecule has 0 spiro atoms. The van der Waals surface area contributed by atoms with E-state index in [1.165, 1.54) is 0 Å². The molecule has 0 aromatic heterocycles. The number of rotatable bonds is 5. The lowest BCUT2D eigenvalue weighted by Gasteiger charge is -2.39. The molecule has 4 unspecified atom stereocenters. The second-order valence-corrected chi connectivity index (χ2v) is 8.42. The summed E-state index contributed by atoms with van der Waals surface area (Å²) in [5.41, 5.74) is 2.66. The van der Waals surface area contributed by atoms with Crippen LogP contribution in [0.3, 0.4) is 0 Å². The van der Waals surface area contributed by atoms with Crippen LogP contribution in [0.1, 0.15) is 36.1 Å². The number of halogens is 1. The molecule has 2 aliphatic rings. The first kappa shape index (κ1) is 21.6. The molecule has 2 aromatic carbocycles. The van der Waals surface area contributed by atoms with Gasteiger partial charge in [0.2, 0.25) is 0 Å². The molecule has 2 saturated heterocycles. The molecule has 2 aromatic rings. The number of aliphatic hydroxyl groups excluding tert-OH is 3. The highest BCUT2D eigenvalue weighted by atomic mass is 35.5. The van der Waals surface area contributed by atoms with Crippen molar-refractivity contribution in [2.75, 3.05) is 13.2 Å². The molecule has 6 atom stereocenters. The van der Waals surface area contributed by atoms with Gasteiger partial charge in [-0.05, 0) is 48.2 Å². The van der Waals surface area contributed by atoms with E-state index in [1.807, 2.05) is 30.3 Å². The molecule has 0 bridgehead atoms. The van der Waals surface area contributed by atoms with Crippen molar-refractivity contribution in [1.29, 1.82) is 0 Å². The van der Waals surface area contributed by atoms with Crippen LogP contribution in [0.2, 0.25) is 5.02 Å². The van der Waals surface area contributed by atoms with Gasteiger partial charge < -0.3 is 29.5 Å². The highest BCUT2D eigenvalue weighted by molar-refractivity contribution is 6.31. The van der Waals surface area contributed by atoms with E-state index in [-0.39, 0.29) is 6.10 Å². The van der Waals surface area contributed by atoms with E-state index in [0.717, 1.165) is 29.9 Å². The predicted molar refractivity (Wildman–Crippen MR) is 112 cm³/mol. The number of benzene rings is 2. The van der Waals surface area contributed by atoms with Crippen LogP contribution in [0.25, 0.3) is 0 Å². The van der Waals surface area contributed by atoms with Crippen LogP contribution in [-0.4, -0.2) is 59.1 Å². The fourth-order valence-corrected chi connectivity index (χ4v) is 4.12. The molecular weight excluding hydrogens is 408 g/mol. The molecule has 2 fully saturated rings. The van der Waals surface area contributed by atoms with Crippen LogP contribution in [-0.2, 0) is 15.9 Å². The lowest BCUT2D eigenvalue weighted by molar-refractivity contribution is -0.219. The van der Waals surface area contributed by atoms with Gasteiger partial charge in [0.05, 0.1) is 19.3 Å². The standard InChI is InChI=1S/C23H27ClO6/c1-13-20(25)21(26)22(27)23(29-13)15-4-7-19(24)16(11-15)10-14-2-5-17(6-3-14)30-18-8-9-28-12-18/h2-7,11,13,18,20-23,25-27H,8-10,12H2,1H3/t13-,18+,20?,21?,22?,23?/m1/s1. The van der Waals surface area contributed by atoms with E-state index < -0.39 is 30.5 Å². The van der Waals surface area contributed by atoms with Gasteiger partial charge in [0.25, 0.3) is 0 Å². The zero-order chi connectivity index (χ0) is 21.3. The first-order valence-corrected chi connectivity index (χ1v) is 10.6. The van der Waals surface area contributed by atoms with Crippen molar-refractivity contribution in [3.05, 3.63) is 64.2 Å². The Morgan fingerprint density at radius 3 is 2.50 bits per heavy atom. The lowest BCUT2D eigenvalue weighted by Crippen LogP contribution is -2.53. The van der Waals surface area contributed by atoms with Crippen LogP contribution in [0.5, 0.6) is 5.75 Å². The summed E-state index contributed by atoms with van der Waals surface area (Å²) in [5.74, 6) is 0.814. The molecule has 2 heterocycles. The van der Waals surface area contributed by atoms with Gasteiger partial charge in [-0.3, -0.25) is 0 Å². The van der Waals surface area contributed by atoms with Crippen molar-refractivity contribution in [3.63, 3.8) is 0 Å². The summed E-state index contributed by atoms with van der Waals surface area (Å²) in [7, 11) is 0. The summed E-state index contributed by atoms with van der Waals surface area (Å²) in [5, 5.41) is 31.0. The molecule has 162 valence electrons. The van der Waals surface area contributed by atoms with Crippen LogP contribution in [0.15, 0.2) is 42.5 Å². The fraction of sp³-hybridized carbons (Fsp3) is 0.478. The smallest absolute Gasteiger partial charge is 0.124 e. The third-order valence-electron chi connectivity index (χ3n) is 5.76. The Labute approximate surface area is 181 Å². The van der Waals surface area contributed by atoms with Gasteiger partial charge in [0.15, 0.2) is 0 Å². The largest absolute Gasteiger partial charge is 0.488 e. The van der Waals surface area contributed by atoms with Crippen molar-refractivity contribution in [2.24, 2.45) is 0 Å². The number of hydrogen-bond acceptors (Lipinski definition) is 6. The van der Waals surface area contributed by atoms with E-state index in [9.17, 15) is 15.3 Å². The first-order chi connectivity index (χ1) is 14.4. The molecule has 6 nitrogen and oxygen atoms in total. The Balaban J connectivity index is 1.48. The third kappa shape index (κ3) is 4.64. The summed E-state index contributed by atoms with van der Waals surface area (Å²) in [6, 6.07) is 13.3. The zero-order valence-corrected chi connectivity index (χ0v) is 17.5. The molecule has 0 radical (unpaired) electrons. The molecule has 3 N–H and O–H groups in total. The van der Waals surface area contributed by atoms with Crippen molar-refractivity contribution >= 4 is 11.6 Å². The average molecular weight is 435 g/mol. The summed E-state index contributed by atoms with van der Waals surface area (Å²) in [6.45, 7) is 3.04. The molecule has 30 heavy (non-hydrogen) atoms. The molecule has 4 rings (SSSR count). The van der Waals surface area contributed by atoms with Crippen LogP contribution < -0.4 is 4.74 Å². The van der Waals surface area contributed by atoms with Crippen molar-refractivity contribution in [2.45, 2.75) is 56.4 Å². The molecular formula is C23H27ClO6. The number of hydrogen-bond donors (Lipinski definition) is 3. The maximum atomic E-state index is 10.4. The molecule has 2 aliphatic heterocycles. The van der Waals surface area contributed by atoms with E-state index in [0.29, 0.717) is 23.6 Å². The predicted octanol–water partition coefficient (Wildman–Crippen LogP) is 2.64. The number of ether oxygens (including phenoxy) is 3. The normalized spacial score (nSPS) is 31.6. The Morgan fingerprint density at radius 2 is 1.80 bits per heavy atom. The maximum Gasteiger partial charge on any atom is 0.124 e. The second-order valence-electron chi connectivity index (χ2n) is 8.01. The average Bonchev–Trinajstić information content (AvgIpc) is 3.25. The van der Waals surface area contributed by atoms with Crippen molar-refractivity contribution in [1.82, 2.24) is 0 Å². The summed E-state index contributed by atoms with van der Waals surface area (Å²) < 4.78 is 17.0. The lowest BCUT2D eigenvalue weighted by atomic mass is 9.90. The quantitative estimate of drug-likeness (QED) is 0.670. The Kier molecular flexibility index (Phi) is 6.63. The van der Waals surface area contributed by atoms with E-state index in [4.69, 9.17) is 25.8 Å². The summed E-state index contributed by atoms with van der Waals surface area (Å²) >= 11 is 6.42. The molecule has 0 saturated carbocycles. The molecule has 0 amide bonds. The Morgan fingerprint density at radius 1 is 1.03 bits per heavy atom. The minimum atomic E-state index is -1.27. The van der Waals surface area contributed by atoms with E-state index in [2.05, 4.69) is 0 Å². The maximum absolute atomic E-state index is 10.4. The van der Waals surface area contributed by atoms with E-state index in [1.54, 1.807) is 19.1 Å². The van der Waals surface area contributed by atoms with Gasteiger partial charge in [-0.2, -0.15) is 0 Å². The van der Waals surface area contributed by atoms with Gasteiger partial charge >= 0.3 is 0 Å². The van der Waals surface area contributed by atoms with Gasteiger partial charge in [-0.15, -0.1) is 0 Å². The molecule has 7 heteroatoms. The minimum Gasteiger partial charge on any atom is -0.488 e. The molecule has 0 aliphatic carbocycles. The van der Waals surface area contributed by atoms with Crippen LogP contribution in [0, 0.1) is 0 Å². The first-order valence-electron chi connectivity index (χ1n) is 10.2. The number of aliphatic hydroxyl groups is 3. The topological polar surface area (TPSA) is 88.4 Å². The van der Waals surface area contributed by atoms with Crippen LogP contribution in [0.4, 0.5) is 0 Å². The second kappa shape index (κ2) is 9.22.